The van der Waals surface area contributed by atoms with E-state index in [1.54, 1.807) is 36.4 Å². The molecular formula is C23H18N2O3. The first-order valence-electron chi connectivity index (χ1n) is 8.91. The molecule has 0 aliphatic heterocycles. The molecule has 1 heterocycles. The molecule has 4 aromatic rings. The Kier molecular flexibility index (Phi) is 4.64. The lowest BCUT2D eigenvalue weighted by atomic mass is 10.1. The zero-order chi connectivity index (χ0) is 19.5. The fraction of sp³-hybridized carbons (Fsp3) is 0.0435. The van der Waals surface area contributed by atoms with Crippen LogP contribution in [-0.4, -0.2) is 15.6 Å². The van der Waals surface area contributed by atoms with E-state index in [1.165, 1.54) is 4.57 Å². The van der Waals surface area contributed by atoms with Gasteiger partial charge in [0.15, 0.2) is 0 Å². The highest BCUT2D eigenvalue weighted by Crippen LogP contribution is 2.27. The van der Waals surface area contributed by atoms with E-state index in [1.807, 2.05) is 48.5 Å². The van der Waals surface area contributed by atoms with E-state index in [2.05, 4.69) is 5.32 Å². The first kappa shape index (κ1) is 17.5. The molecule has 0 aliphatic rings. The molecule has 5 nitrogen and oxygen atoms in total. The summed E-state index contributed by atoms with van der Waals surface area (Å²) < 4.78 is 1.45. The predicted molar refractivity (Wildman–Crippen MR) is 109 cm³/mol. The number of nitrogens with one attached hydrogen (secondary N) is 1. The molecule has 5 heteroatoms. The second-order valence-electron chi connectivity index (χ2n) is 6.39. The number of hydrogen-bond donors (Lipinski definition) is 2. The summed E-state index contributed by atoms with van der Waals surface area (Å²) in [5, 5.41) is 13.9. The van der Waals surface area contributed by atoms with Crippen LogP contribution in [0.15, 0.2) is 89.7 Å². The van der Waals surface area contributed by atoms with Crippen LogP contribution in [0.5, 0.6) is 5.75 Å². The SMILES string of the molecule is O=C(NCc1ccccc1)c1c(O)c2ccccc2n(-c2ccccc2)c1=O. The average molecular weight is 370 g/mol. The zero-order valence-electron chi connectivity index (χ0n) is 15.0. The van der Waals surface area contributed by atoms with E-state index in [-0.39, 0.29) is 17.9 Å². The molecule has 0 fully saturated rings. The summed E-state index contributed by atoms with van der Waals surface area (Å²) in [5.74, 6) is -0.917. The molecule has 0 saturated heterocycles. The zero-order valence-corrected chi connectivity index (χ0v) is 15.0. The fourth-order valence-corrected chi connectivity index (χ4v) is 3.23. The van der Waals surface area contributed by atoms with Gasteiger partial charge in [-0.15, -0.1) is 0 Å². The Labute approximate surface area is 161 Å². The summed E-state index contributed by atoms with van der Waals surface area (Å²) in [7, 11) is 0. The Bertz CT molecular complexity index is 1200. The monoisotopic (exact) mass is 370 g/mol. The number of rotatable bonds is 4. The van der Waals surface area contributed by atoms with Crippen LogP contribution in [-0.2, 0) is 6.54 Å². The number of pyridine rings is 1. The molecule has 0 aliphatic carbocycles. The summed E-state index contributed by atoms with van der Waals surface area (Å²) >= 11 is 0. The van der Waals surface area contributed by atoms with Gasteiger partial charge in [-0.05, 0) is 29.8 Å². The number of hydrogen-bond acceptors (Lipinski definition) is 3. The van der Waals surface area contributed by atoms with Crippen LogP contribution in [0.25, 0.3) is 16.6 Å². The molecule has 0 spiro atoms. The molecule has 0 bridgehead atoms. The lowest BCUT2D eigenvalue weighted by Gasteiger charge is -2.15. The number of amides is 1. The van der Waals surface area contributed by atoms with Crippen molar-refractivity contribution >= 4 is 16.8 Å². The molecule has 0 atom stereocenters. The normalized spacial score (nSPS) is 10.7. The minimum absolute atomic E-state index is 0.261. The van der Waals surface area contributed by atoms with Crippen LogP contribution < -0.4 is 10.9 Å². The average Bonchev–Trinajstić information content (AvgIpc) is 2.74. The Morgan fingerprint density at radius 1 is 0.857 bits per heavy atom. The summed E-state index contributed by atoms with van der Waals surface area (Å²) in [6, 6.07) is 25.4. The third kappa shape index (κ3) is 3.14. The van der Waals surface area contributed by atoms with E-state index < -0.39 is 11.5 Å². The number of benzene rings is 3. The van der Waals surface area contributed by atoms with E-state index in [0.29, 0.717) is 16.6 Å². The van der Waals surface area contributed by atoms with Crippen LogP contribution in [0.1, 0.15) is 15.9 Å². The van der Waals surface area contributed by atoms with E-state index >= 15 is 0 Å². The van der Waals surface area contributed by atoms with E-state index in [4.69, 9.17) is 0 Å². The van der Waals surface area contributed by atoms with E-state index in [0.717, 1.165) is 5.56 Å². The van der Waals surface area contributed by atoms with Gasteiger partial charge in [0.2, 0.25) is 0 Å². The maximum absolute atomic E-state index is 13.2. The minimum atomic E-state index is -0.609. The number of aromatic nitrogens is 1. The smallest absolute Gasteiger partial charge is 0.272 e. The summed E-state index contributed by atoms with van der Waals surface area (Å²) in [6.45, 7) is 0.261. The van der Waals surface area contributed by atoms with Gasteiger partial charge in [0, 0.05) is 17.6 Å². The van der Waals surface area contributed by atoms with Gasteiger partial charge in [-0.2, -0.15) is 0 Å². The molecule has 28 heavy (non-hydrogen) atoms. The van der Waals surface area contributed by atoms with Crippen molar-refractivity contribution in [3.63, 3.8) is 0 Å². The van der Waals surface area contributed by atoms with Crippen molar-refractivity contribution in [3.05, 3.63) is 106 Å². The van der Waals surface area contributed by atoms with Gasteiger partial charge >= 0.3 is 0 Å². The Morgan fingerprint density at radius 3 is 2.18 bits per heavy atom. The third-order valence-electron chi connectivity index (χ3n) is 4.59. The van der Waals surface area contributed by atoms with Gasteiger partial charge in [-0.25, -0.2) is 0 Å². The molecule has 0 unspecified atom stereocenters. The predicted octanol–water partition coefficient (Wildman–Crippen LogP) is 3.63. The van der Waals surface area contributed by atoms with Crippen molar-refractivity contribution in [3.8, 4) is 11.4 Å². The number of carbonyl (C=O) groups excluding carboxylic acids is 1. The number of para-hydroxylation sites is 2. The summed E-state index contributed by atoms with van der Waals surface area (Å²) in [6.07, 6.45) is 0. The van der Waals surface area contributed by atoms with Crippen LogP contribution in [0.2, 0.25) is 0 Å². The molecule has 4 rings (SSSR count). The highest BCUT2D eigenvalue weighted by Gasteiger charge is 2.22. The second-order valence-corrected chi connectivity index (χ2v) is 6.39. The van der Waals surface area contributed by atoms with Gasteiger partial charge in [0.25, 0.3) is 11.5 Å². The maximum Gasteiger partial charge on any atom is 0.272 e. The lowest BCUT2D eigenvalue weighted by Crippen LogP contribution is -2.32. The largest absolute Gasteiger partial charge is 0.506 e. The van der Waals surface area contributed by atoms with Gasteiger partial charge in [-0.1, -0.05) is 60.7 Å². The molecule has 3 aromatic carbocycles. The number of fused-ring (bicyclic) bond motifs is 1. The standard InChI is InChI=1S/C23H18N2O3/c26-21-18-13-7-8-14-19(18)25(17-11-5-2-6-12-17)23(28)20(21)22(27)24-15-16-9-3-1-4-10-16/h1-14,26H,15H2,(H,24,27). The highest BCUT2D eigenvalue weighted by atomic mass is 16.3. The van der Waals surface area contributed by atoms with Crippen molar-refractivity contribution < 1.29 is 9.90 Å². The Balaban J connectivity index is 1.85. The molecule has 0 saturated carbocycles. The second kappa shape index (κ2) is 7.40. The molecular weight excluding hydrogens is 352 g/mol. The van der Waals surface area contributed by atoms with Crippen LogP contribution in [0.4, 0.5) is 0 Å². The van der Waals surface area contributed by atoms with Crippen molar-refractivity contribution in [2.75, 3.05) is 0 Å². The molecule has 1 aromatic heterocycles. The molecule has 1 amide bonds. The number of carbonyl (C=O) groups is 1. The fourth-order valence-electron chi connectivity index (χ4n) is 3.23. The van der Waals surface area contributed by atoms with Crippen molar-refractivity contribution in [1.29, 1.82) is 0 Å². The first-order valence-corrected chi connectivity index (χ1v) is 8.91. The third-order valence-corrected chi connectivity index (χ3v) is 4.59. The molecule has 0 radical (unpaired) electrons. The first-order chi connectivity index (χ1) is 13.7. The highest BCUT2D eigenvalue weighted by molar-refractivity contribution is 6.02. The van der Waals surface area contributed by atoms with Gasteiger partial charge in [-0.3, -0.25) is 14.2 Å². The van der Waals surface area contributed by atoms with Crippen LogP contribution in [0.3, 0.4) is 0 Å². The minimum Gasteiger partial charge on any atom is -0.506 e. The molecule has 138 valence electrons. The Morgan fingerprint density at radius 2 is 1.46 bits per heavy atom. The summed E-state index contributed by atoms with van der Waals surface area (Å²) in [5.41, 5.74) is 1.24. The van der Waals surface area contributed by atoms with E-state index in [9.17, 15) is 14.7 Å². The lowest BCUT2D eigenvalue weighted by molar-refractivity contribution is 0.0946. The van der Waals surface area contributed by atoms with Crippen molar-refractivity contribution in [2.24, 2.45) is 0 Å². The Hall–Kier alpha value is -3.86. The molecule has 2 N–H and O–H groups in total. The number of nitrogens with zero attached hydrogens (tertiary/aromatic N) is 1. The van der Waals surface area contributed by atoms with Gasteiger partial charge < -0.3 is 10.4 Å². The van der Waals surface area contributed by atoms with Crippen LogP contribution >= 0.6 is 0 Å². The van der Waals surface area contributed by atoms with Gasteiger partial charge in [0.1, 0.15) is 11.3 Å². The maximum atomic E-state index is 13.2. The van der Waals surface area contributed by atoms with Crippen molar-refractivity contribution in [2.45, 2.75) is 6.54 Å². The van der Waals surface area contributed by atoms with Gasteiger partial charge in [0.05, 0.1) is 5.52 Å². The van der Waals surface area contributed by atoms with Crippen LogP contribution in [0, 0.1) is 0 Å². The van der Waals surface area contributed by atoms with Crippen molar-refractivity contribution in [1.82, 2.24) is 9.88 Å². The summed E-state index contributed by atoms with van der Waals surface area (Å²) in [4.78, 5) is 26.0. The number of aromatic hydroxyl groups is 1. The topological polar surface area (TPSA) is 71.3 Å². The quantitative estimate of drug-likeness (QED) is 0.576.